The number of rotatable bonds is 7. The van der Waals surface area contributed by atoms with Crippen LogP contribution in [-0.4, -0.2) is 29.4 Å². The SMILES string of the molecule is CCCCCCCCC(=O)OC(C)(C)C.Cl.O=C1CC2CCC(C1)N2. The first kappa shape index (κ1) is 24.4. The number of halogens is 1. The van der Waals surface area contributed by atoms with E-state index in [1.165, 1.54) is 38.5 Å². The number of carbonyl (C=O) groups is 2. The van der Waals surface area contributed by atoms with Crippen LogP contribution in [0.4, 0.5) is 0 Å². The number of Topliss-reactive ketones (excluding diaryl/α,β-unsaturated/α-hetero) is 1. The van der Waals surface area contributed by atoms with Crippen molar-refractivity contribution in [2.24, 2.45) is 0 Å². The molecule has 148 valence electrons. The molecule has 0 aromatic carbocycles. The number of unbranched alkanes of at least 4 members (excludes halogenated alkanes) is 5. The Labute approximate surface area is 160 Å². The van der Waals surface area contributed by atoms with Gasteiger partial charge in [0.25, 0.3) is 0 Å². The maximum Gasteiger partial charge on any atom is 0.306 e. The quantitative estimate of drug-likeness (QED) is 0.504. The maximum absolute atomic E-state index is 11.3. The van der Waals surface area contributed by atoms with Gasteiger partial charge in [-0.2, -0.15) is 0 Å². The van der Waals surface area contributed by atoms with Gasteiger partial charge in [0, 0.05) is 31.3 Å². The summed E-state index contributed by atoms with van der Waals surface area (Å²) in [5.74, 6) is 0.402. The number of esters is 1. The smallest absolute Gasteiger partial charge is 0.306 e. The van der Waals surface area contributed by atoms with Crippen LogP contribution in [0.1, 0.15) is 98.3 Å². The predicted molar refractivity (Wildman–Crippen MR) is 105 cm³/mol. The molecular formula is C20H38ClNO3. The first-order valence-corrected chi connectivity index (χ1v) is 9.79. The summed E-state index contributed by atoms with van der Waals surface area (Å²) in [5, 5.41) is 3.40. The topological polar surface area (TPSA) is 55.4 Å². The van der Waals surface area contributed by atoms with E-state index in [0.29, 0.717) is 24.3 Å². The van der Waals surface area contributed by atoms with Gasteiger partial charge in [-0.25, -0.2) is 0 Å². The van der Waals surface area contributed by atoms with Gasteiger partial charge in [-0.3, -0.25) is 9.59 Å². The summed E-state index contributed by atoms with van der Waals surface area (Å²) < 4.78 is 5.23. The van der Waals surface area contributed by atoms with Gasteiger partial charge in [0.05, 0.1) is 0 Å². The molecule has 4 nitrogen and oxygen atoms in total. The number of nitrogens with one attached hydrogen (secondary N) is 1. The molecule has 0 amide bonds. The van der Waals surface area contributed by atoms with Crippen molar-refractivity contribution in [2.75, 3.05) is 0 Å². The summed E-state index contributed by atoms with van der Waals surface area (Å²) in [5.41, 5.74) is -0.334. The number of piperidine rings is 1. The fourth-order valence-electron chi connectivity index (χ4n) is 3.30. The molecule has 1 N–H and O–H groups in total. The second-order valence-corrected chi connectivity index (χ2v) is 8.19. The van der Waals surface area contributed by atoms with Crippen LogP contribution in [0.25, 0.3) is 0 Å². The second-order valence-electron chi connectivity index (χ2n) is 8.19. The van der Waals surface area contributed by atoms with Crippen LogP contribution in [-0.2, 0) is 14.3 Å². The standard InChI is InChI=1S/C13H26O2.C7H11NO.ClH/c1-5-6-7-8-9-10-11-12(14)15-13(2,3)4;9-7-3-5-1-2-6(4-7)8-5;/h5-11H2,1-4H3;5-6,8H,1-4H2;1H. The zero-order valence-electron chi connectivity index (χ0n) is 16.6. The van der Waals surface area contributed by atoms with Crippen molar-refractivity contribution in [3.05, 3.63) is 0 Å². The molecule has 2 bridgehead atoms. The third kappa shape index (κ3) is 12.4. The fraction of sp³-hybridized carbons (Fsp3) is 0.900. The molecule has 0 aromatic rings. The monoisotopic (exact) mass is 375 g/mol. The molecule has 5 heteroatoms. The lowest BCUT2D eigenvalue weighted by molar-refractivity contribution is -0.154. The van der Waals surface area contributed by atoms with E-state index >= 15 is 0 Å². The molecule has 2 fully saturated rings. The van der Waals surface area contributed by atoms with Gasteiger partial charge in [0.15, 0.2) is 0 Å². The second kappa shape index (κ2) is 12.7. The van der Waals surface area contributed by atoms with Crippen molar-refractivity contribution in [2.45, 2.75) is 116 Å². The number of fused-ring (bicyclic) bond motifs is 2. The normalized spacial score (nSPS) is 21.8. The lowest BCUT2D eigenvalue weighted by atomic mass is 10.1. The van der Waals surface area contributed by atoms with E-state index in [-0.39, 0.29) is 24.0 Å². The summed E-state index contributed by atoms with van der Waals surface area (Å²) in [7, 11) is 0. The van der Waals surface area contributed by atoms with Crippen molar-refractivity contribution in [3.63, 3.8) is 0 Å². The molecular weight excluding hydrogens is 338 g/mol. The Hall–Kier alpha value is -0.610. The van der Waals surface area contributed by atoms with E-state index in [4.69, 9.17) is 4.74 Å². The zero-order chi connectivity index (χ0) is 18.0. The fourth-order valence-corrected chi connectivity index (χ4v) is 3.30. The van der Waals surface area contributed by atoms with Crippen LogP contribution in [0.5, 0.6) is 0 Å². The maximum atomic E-state index is 11.3. The Morgan fingerprint density at radius 1 is 1.04 bits per heavy atom. The first-order valence-electron chi connectivity index (χ1n) is 9.79. The molecule has 25 heavy (non-hydrogen) atoms. The van der Waals surface area contributed by atoms with Crippen LogP contribution in [0.15, 0.2) is 0 Å². The molecule has 2 saturated heterocycles. The van der Waals surface area contributed by atoms with Gasteiger partial charge in [-0.1, -0.05) is 39.0 Å². The minimum absolute atomic E-state index is 0. The summed E-state index contributed by atoms with van der Waals surface area (Å²) in [6.07, 6.45) is 11.8. The Bertz CT molecular complexity index is 379. The minimum atomic E-state index is -0.334. The minimum Gasteiger partial charge on any atom is -0.460 e. The van der Waals surface area contributed by atoms with Crippen LogP contribution in [0.2, 0.25) is 0 Å². The molecule has 0 aliphatic carbocycles. The van der Waals surface area contributed by atoms with Crippen molar-refractivity contribution in [1.29, 1.82) is 0 Å². The molecule has 0 spiro atoms. The van der Waals surface area contributed by atoms with E-state index in [1.54, 1.807) is 0 Å². The third-order valence-corrected chi connectivity index (χ3v) is 4.44. The number of ketones is 1. The first-order chi connectivity index (χ1) is 11.3. The number of hydrogen-bond donors (Lipinski definition) is 1. The van der Waals surface area contributed by atoms with E-state index in [2.05, 4.69) is 12.2 Å². The Morgan fingerprint density at radius 2 is 1.56 bits per heavy atom. The molecule has 0 radical (unpaired) electrons. The summed E-state index contributed by atoms with van der Waals surface area (Å²) >= 11 is 0. The van der Waals surface area contributed by atoms with Crippen molar-refractivity contribution >= 4 is 24.2 Å². The van der Waals surface area contributed by atoms with Crippen LogP contribution >= 0.6 is 12.4 Å². The number of ether oxygens (including phenoxy) is 1. The van der Waals surface area contributed by atoms with Gasteiger partial charge in [-0.05, 0) is 40.0 Å². The molecule has 2 unspecified atom stereocenters. The van der Waals surface area contributed by atoms with E-state index in [0.717, 1.165) is 25.7 Å². The molecule has 0 saturated carbocycles. The van der Waals surface area contributed by atoms with E-state index in [9.17, 15) is 9.59 Å². The third-order valence-electron chi connectivity index (χ3n) is 4.44. The van der Waals surface area contributed by atoms with Crippen molar-refractivity contribution < 1.29 is 14.3 Å². The number of carbonyl (C=O) groups excluding carboxylic acids is 2. The number of hydrogen-bond acceptors (Lipinski definition) is 4. The van der Waals surface area contributed by atoms with Crippen molar-refractivity contribution in [1.82, 2.24) is 5.32 Å². The predicted octanol–water partition coefficient (Wildman–Crippen LogP) is 4.97. The Balaban J connectivity index is 0.000000486. The Kier molecular flexibility index (Phi) is 12.4. The van der Waals surface area contributed by atoms with Crippen LogP contribution < -0.4 is 5.32 Å². The van der Waals surface area contributed by atoms with Gasteiger partial charge in [-0.15, -0.1) is 12.4 Å². The van der Waals surface area contributed by atoms with Crippen LogP contribution in [0.3, 0.4) is 0 Å². The highest BCUT2D eigenvalue weighted by atomic mass is 35.5. The largest absolute Gasteiger partial charge is 0.460 e. The molecule has 2 heterocycles. The van der Waals surface area contributed by atoms with E-state index < -0.39 is 0 Å². The van der Waals surface area contributed by atoms with Crippen LogP contribution in [0, 0.1) is 0 Å². The highest BCUT2D eigenvalue weighted by molar-refractivity contribution is 5.85. The molecule has 2 aliphatic heterocycles. The summed E-state index contributed by atoms with van der Waals surface area (Å²) in [6.45, 7) is 7.94. The van der Waals surface area contributed by atoms with Crippen molar-refractivity contribution in [3.8, 4) is 0 Å². The highest BCUT2D eigenvalue weighted by Gasteiger charge is 2.31. The lowest BCUT2D eigenvalue weighted by Gasteiger charge is -2.19. The average Bonchev–Trinajstić information content (AvgIpc) is 2.81. The lowest BCUT2D eigenvalue weighted by Crippen LogP contribution is -2.38. The highest BCUT2D eigenvalue weighted by Crippen LogP contribution is 2.23. The molecule has 0 aromatic heterocycles. The molecule has 2 rings (SSSR count). The van der Waals surface area contributed by atoms with E-state index in [1.807, 2.05) is 20.8 Å². The summed E-state index contributed by atoms with van der Waals surface area (Å²) in [6, 6.07) is 1.08. The average molecular weight is 376 g/mol. The molecule has 2 aliphatic rings. The van der Waals surface area contributed by atoms with Gasteiger partial charge < -0.3 is 10.1 Å². The van der Waals surface area contributed by atoms with Gasteiger partial charge >= 0.3 is 5.97 Å². The summed E-state index contributed by atoms with van der Waals surface area (Å²) in [4.78, 5) is 22.2. The zero-order valence-corrected chi connectivity index (χ0v) is 17.4. The Morgan fingerprint density at radius 3 is 2.08 bits per heavy atom. The van der Waals surface area contributed by atoms with Gasteiger partial charge in [0.2, 0.25) is 0 Å². The van der Waals surface area contributed by atoms with Gasteiger partial charge in [0.1, 0.15) is 11.4 Å². The molecule has 2 atom stereocenters.